The number of likely N-dealkylation sites (tertiary alicyclic amines) is 1. The van der Waals surface area contributed by atoms with Gasteiger partial charge in [-0.05, 0) is 61.3 Å². The fourth-order valence-corrected chi connectivity index (χ4v) is 4.87. The number of fused-ring (bicyclic) bond motifs is 1. The van der Waals surface area contributed by atoms with Crippen LogP contribution in [0.15, 0.2) is 42.5 Å². The van der Waals surface area contributed by atoms with Gasteiger partial charge in [0.15, 0.2) is 11.5 Å². The topological polar surface area (TPSA) is 45.3 Å². The maximum Gasteiger partial charge on any atom is 0.231 e. The molecule has 2 saturated heterocycles. The van der Waals surface area contributed by atoms with Crippen molar-refractivity contribution in [3.8, 4) is 11.5 Å². The van der Waals surface area contributed by atoms with Crippen molar-refractivity contribution in [3.05, 3.63) is 59.4 Å². The maximum absolute atomic E-state index is 13.1. The zero-order valence-corrected chi connectivity index (χ0v) is 18.3. The van der Waals surface area contributed by atoms with Gasteiger partial charge in [-0.2, -0.15) is 0 Å². The number of rotatable bonds is 5. The summed E-state index contributed by atoms with van der Waals surface area (Å²) >= 11 is 0. The molecule has 3 aliphatic rings. The van der Waals surface area contributed by atoms with Crippen molar-refractivity contribution in [2.75, 3.05) is 46.1 Å². The van der Waals surface area contributed by atoms with E-state index >= 15 is 0 Å². The molecule has 3 aliphatic heterocycles. The summed E-state index contributed by atoms with van der Waals surface area (Å²) in [5.74, 6) is 1.87. The summed E-state index contributed by atoms with van der Waals surface area (Å²) in [6.07, 6.45) is 1.80. The Kier molecular flexibility index (Phi) is 6.28. The zero-order valence-electron chi connectivity index (χ0n) is 18.3. The first-order chi connectivity index (χ1) is 15.6. The largest absolute Gasteiger partial charge is 0.454 e. The van der Waals surface area contributed by atoms with Crippen molar-refractivity contribution in [1.29, 1.82) is 0 Å². The molecule has 0 radical (unpaired) electrons. The fourth-order valence-electron chi connectivity index (χ4n) is 4.87. The lowest BCUT2D eigenvalue weighted by atomic mass is 9.94. The van der Waals surface area contributed by atoms with E-state index in [1.807, 2.05) is 18.2 Å². The molecule has 0 spiro atoms. The molecule has 0 aromatic heterocycles. The normalized spacial score (nSPS) is 20.0. The van der Waals surface area contributed by atoms with Crippen LogP contribution in [0, 0.1) is 11.7 Å². The highest BCUT2D eigenvalue weighted by molar-refractivity contribution is 5.79. The molecular weight excluding hydrogens is 409 g/mol. The average Bonchev–Trinajstić information content (AvgIpc) is 3.29. The van der Waals surface area contributed by atoms with Crippen LogP contribution in [0.4, 0.5) is 4.39 Å². The first kappa shape index (κ1) is 21.2. The second-order valence-corrected chi connectivity index (χ2v) is 8.97. The molecule has 2 aromatic rings. The number of halogens is 1. The molecule has 5 rings (SSSR count). The smallest absolute Gasteiger partial charge is 0.231 e. The fraction of sp³-hybridized carbons (Fsp3) is 0.480. The van der Waals surface area contributed by atoms with E-state index in [1.54, 1.807) is 0 Å². The van der Waals surface area contributed by atoms with E-state index in [1.165, 1.54) is 17.7 Å². The highest BCUT2D eigenvalue weighted by atomic mass is 19.1. The number of piperazine rings is 1. The van der Waals surface area contributed by atoms with Crippen LogP contribution in [0.25, 0.3) is 0 Å². The maximum atomic E-state index is 13.1. The number of nitrogens with zero attached hydrogens (tertiary/aromatic N) is 3. The SMILES string of the molecule is O=C(C1CCN(Cc2ccc(F)cc2)CC1)N1CCN(Cc2ccc3c(c2)OCO3)CC1. The average molecular weight is 440 g/mol. The van der Waals surface area contributed by atoms with Gasteiger partial charge in [-0.3, -0.25) is 14.6 Å². The zero-order chi connectivity index (χ0) is 21.9. The minimum Gasteiger partial charge on any atom is -0.454 e. The first-order valence-electron chi connectivity index (χ1n) is 11.5. The number of benzene rings is 2. The van der Waals surface area contributed by atoms with Crippen LogP contribution >= 0.6 is 0 Å². The van der Waals surface area contributed by atoms with E-state index in [4.69, 9.17) is 9.47 Å². The molecular formula is C25H30FN3O3. The van der Waals surface area contributed by atoms with Crippen LogP contribution in [0.3, 0.4) is 0 Å². The second kappa shape index (κ2) is 9.46. The van der Waals surface area contributed by atoms with Crippen LogP contribution in [0.1, 0.15) is 24.0 Å². The Hall–Kier alpha value is -2.64. The van der Waals surface area contributed by atoms with Gasteiger partial charge in [-0.25, -0.2) is 4.39 Å². The lowest BCUT2D eigenvalue weighted by molar-refractivity contribution is -0.139. The molecule has 2 aromatic carbocycles. The highest BCUT2D eigenvalue weighted by Crippen LogP contribution is 2.33. The Morgan fingerprint density at radius 1 is 0.812 bits per heavy atom. The quantitative estimate of drug-likeness (QED) is 0.717. The van der Waals surface area contributed by atoms with E-state index in [2.05, 4.69) is 26.8 Å². The van der Waals surface area contributed by atoms with Crippen molar-refractivity contribution in [3.63, 3.8) is 0 Å². The van der Waals surface area contributed by atoms with Crippen LogP contribution in [-0.4, -0.2) is 66.7 Å². The minimum absolute atomic E-state index is 0.125. The number of carbonyl (C=O) groups excluding carboxylic acids is 1. The molecule has 0 aliphatic carbocycles. The third kappa shape index (κ3) is 4.89. The van der Waals surface area contributed by atoms with Crippen LogP contribution in [0.2, 0.25) is 0 Å². The molecule has 0 unspecified atom stereocenters. The summed E-state index contributed by atoms with van der Waals surface area (Å²) in [7, 11) is 0. The summed E-state index contributed by atoms with van der Waals surface area (Å²) in [5.41, 5.74) is 2.33. The highest BCUT2D eigenvalue weighted by Gasteiger charge is 2.30. The van der Waals surface area contributed by atoms with Crippen molar-refractivity contribution in [2.24, 2.45) is 5.92 Å². The number of carbonyl (C=O) groups is 1. The lowest BCUT2D eigenvalue weighted by Gasteiger charge is -2.38. The Morgan fingerprint density at radius 3 is 2.19 bits per heavy atom. The van der Waals surface area contributed by atoms with Gasteiger partial charge in [-0.1, -0.05) is 18.2 Å². The summed E-state index contributed by atoms with van der Waals surface area (Å²) in [6, 6.07) is 12.8. The summed E-state index contributed by atoms with van der Waals surface area (Å²) in [6.45, 7) is 7.17. The summed E-state index contributed by atoms with van der Waals surface area (Å²) < 4.78 is 24.0. The van der Waals surface area contributed by atoms with E-state index < -0.39 is 0 Å². The van der Waals surface area contributed by atoms with Crippen molar-refractivity contribution in [2.45, 2.75) is 25.9 Å². The molecule has 0 bridgehead atoms. The lowest BCUT2D eigenvalue weighted by Crippen LogP contribution is -2.51. The number of piperidine rings is 1. The standard InChI is InChI=1S/C25H30FN3O3/c26-22-4-1-19(2-5-22)16-27-9-7-21(8-10-27)25(30)29-13-11-28(12-14-29)17-20-3-6-23-24(15-20)32-18-31-23/h1-6,15,21H,7-14,16-18H2. The van der Waals surface area contributed by atoms with Gasteiger partial charge < -0.3 is 14.4 Å². The Bertz CT molecular complexity index is 936. The van der Waals surface area contributed by atoms with Gasteiger partial charge in [0.05, 0.1) is 0 Å². The predicted octanol–water partition coefficient (Wildman–Crippen LogP) is 3.11. The monoisotopic (exact) mass is 439 g/mol. The Balaban J connectivity index is 1.06. The third-order valence-electron chi connectivity index (χ3n) is 6.78. The van der Waals surface area contributed by atoms with Gasteiger partial charge in [0.2, 0.25) is 12.7 Å². The van der Waals surface area contributed by atoms with Crippen molar-refractivity contribution in [1.82, 2.24) is 14.7 Å². The molecule has 1 amide bonds. The molecule has 6 nitrogen and oxygen atoms in total. The van der Waals surface area contributed by atoms with E-state index in [9.17, 15) is 9.18 Å². The molecule has 7 heteroatoms. The second-order valence-electron chi connectivity index (χ2n) is 8.97. The molecule has 0 atom stereocenters. The Labute approximate surface area is 188 Å². The van der Waals surface area contributed by atoms with E-state index in [-0.39, 0.29) is 11.7 Å². The van der Waals surface area contributed by atoms with Gasteiger partial charge >= 0.3 is 0 Å². The van der Waals surface area contributed by atoms with E-state index in [0.29, 0.717) is 12.7 Å². The number of ether oxygens (including phenoxy) is 2. The van der Waals surface area contributed by atoms with Gasteiger partial charge in [0.25, 0.3) is 0 Å². The molecule has 32 heavy (non-hydrogen) atoms. The van der Waals surface area contributed by atoms with Crippen LogP contribution in [-0.2, 0) is 17.9 Å². The first-order valence-corrected chi connectivity index (χ1v) is 11.5. The van der Waals surface area contributed by atoms with Gasteiger partial charge in [0.1, 0.15) is 5.82 Å². The summed E-state index contributed by atoms with van der Waals surface area (Å²) in [4.78, 5) is 19.9. The third-order valence-corrected chi connectivity index (χ3v) is 6.78. The van der Waals surface area contributed by atoms with E-state index in [0.717, 1.165) is 82.3 Å². The van der Waals surface area contributed by atoms with Gasteiger partial charge in [0, 0.05) is 45.2 Å². The van der Waals surface area contributed by atoms with Crippen LogP contribution in [0.5, 0.6) is 11.5 Å². The number of hydrogen-bond donors (Lipinski definition) is 0. The minimum atomic E-state index is -0.200. The molecule has 170 valence electrons. The molecule has 2 fully saturated rings. The molecule has 3 heterocycles. The molecule has 0 N–H and O–H groups in total. The predicted molar refractivity (Wildman–Crippen MR) is 119 cm³/mol. The number of hydrogen-bond acceptors (Lipinski definition) is 5. The number of amides is 1. The molecule has 0 saturated carbocycles. The summed E-state index contributed by atoms with van der Waals surface area (Å²) in [5, 5.41) is 0. The van der Waals surface area contributed by atoms with Crippen LogP contribution < -0.4 is 9.47 Å². The van der Waals surface area contributed by atoms with Crippen molar-refractivity contribution >= 4 is 5.91 Å². The Morgan fingerprint density at radius 2 is 1.44 bits per heavy atom. The van der Waals surface area contributed by atoms with Gasteiger partial charge in [-0.15, -0.1) is 0 Å². The van der Waals surface area contributed by atoms with Crippen molar-refractivity contribution < 1.29 is 18.7 Å².